The van der Waals surface area contributed by atoms with Gasteiger partial charge in [-0.2, -0.15) is 5.10 Å². The minimum atomic E-state index is -0.749. The number of carbonyl (C=O) groups excluding carboxylic acids is 1. The van der Waals surface area contributed by atoms with Gasteiger partial charge in [0.1, 0.15) is 11.6 Å². The van der Waals surface area contributed by atoms with E-state index in [0.717, 1.165) is 72.3 Å². The third-order valence-corrected chi connectivity index (χ3v) is 7.56. The van der Waals surface area contributed by atoms with Gasteiger partial charge in [-0.1, -0.05) is 30.3 Å². The molecule has 6 rings (SSSR count). The SMILES string of the molecule is COc1c(Cc2ccc(-c3ncc(-c4ccc(CN5CCNCC5)cn4)c4[nH]nc(N)c34)cc2)cc(F)cc1C(N)=O. The van der Waals surface area contributed by atoms with Crippen molar-refractivity contribution in [3.8, 4) is 28.3 Å². The smallest absolute Gasteiger partial charge is 0.252 e. The van der Waals surface area contributed by atoms with Crippen LogP contribution in [-0.4, -0.2) is 64.3 Å². The molecule has 3 aromatic heterocycles. The van der Waals surface area contributed by atoms with Crippen LogP contribution in [0.2, 0.25) is 0 Å². The summed E-state index contributed by atoms with van der Waals surface area (Å²) in [5, 5.41) is 11.4. The molecule has 1 amide bonds. The molecule has 0 aliphatic carbocycles. The zero-order valence-electron chi connectivity index (χ0n) is 23.2. The first-order valence-corrected chi connectivity index (χ1v) is 13.7. The molecule has 0 bridgehead atoms. The Balaban J connectivity index is 1.27. The molecule has 1 saturated heterocycles. The summed E-state index contributed by atoms with van der Waals surface area (Å²) in [4.78, 5) is 23.7. The highest BCUT2D eigenvalue weighted by molar-refractivity contribution is 6.05. The van der Waals surface area contributed by atoms with Gasteiger partial charge >= 0.3 is 0 Å². The molecular formula is C31H31FN8O2. The molecule has 10 nitrogen and oxygen atoms in total. The number of carbonyl (C=O) groups is 1. The molecule has 1 fully saturated rings. The van der Waals surface area contributed by atoms with Crippen LogP contribution in [0.5, 0.6) is 5.75 Å². The first-order chi connectivity index (χ1) is 20.4. The molecule has 42 heavy (non-hydrogen) atoms. The lowest BCUT2D eigenvalue weighted by Gasteiger charge is -2.27. The van der Waals surface area contributed by atoms with Gasteiger partial charge in [0.25, 0.3) is 5.91 Å². The number of hydrogen-bond acceptors (Lipinski definition) is 8. The number of pyridine rings is 2. The number of benzene rings is 2. The van der Waals surface area contributed by atoms with E-state index in [1.165, 1.54) is 13.2 Å². The van der Waals surface area contributed by atoms with Gasteiger partial charge in [-0.05, 0) is 29.3 Å². The lowest BCUT2D eigenvalue weighted by molar-refractivity contribution is 0.0996. The lowest BCUT2D eigenvalue weighted by atomic mass is 9.98. The number of anilines is 1. The number of amides is 1. The summed E-state index contributed by atoms with van der Waals surface area (Å²) in [5.41, 5.74) is 18.2. The summed E-state index contributed by atoms with van der Waals surface area (Å²) in [6, 6.07) is 14.2. The van der Waals surface area contributed by atoms with Crippen molar-refractivity contribution in [1.82, 2.24) is 30.4 Å². The number of aromatic amines is 1. The largest absolute Gasteiger partial charge is 0.496 e. The number of aromatic nitrogens is 4. The first-order valence-electron chi connectivity index (χ1n) is 13.7. The Morgan fingerprint density at radius 1 is 1.05 bits per heavy atom. The third kappa shape index (κ3) is 5.39. The van der Waals surface area contributed by atoms with Gasteiger partial charge in [0.05, 0.1) is 35.0 Å². The zero-order valence-corrected chi connectivity index (χ0v) is 23.2. The van der Waals surface area contributed by atoms with Crippen molar-refractivity contribution in [1.29, 1.82) is 0 Å². The van der Waals surface area contributed by atoms with E-state index >= 15 is 0 Å². The average molecular weight is 567 g/mol. The lowest BCUT2D eigenvalue weighted by Crippen LogP contribution is -2.42. The third-order valence-electron chi connectivity index (χ3n) is 7.56. The van der Waals surface area contributed by atoms with Gasteiger partial charge in [-0.25, -0.2) is 4.39 Å². The predicted octanol–water partition coefficient (Wildman–Crippen LogP) is 3.51. The van der Waals surface area contributed by atoms with Crippen LogP contribution in [0.25, 0.3) is 33.4 Å². The number of nitrogens with one attached hydrogen (secondary N) is 2. The van der Waals surface area contributed by atoms with Crippen LogP contribution < -0.4 is 21.5 Å². The quantitative estimate of drug-likeness (QED) is 0.223. The predicted molar refractivity (Wildman–Crippen MR) is 159 cm³/mol. The molecule has 0 unspecified atom stereocenters. The van der Waals surface area contributed by atoms with Crippen molar-refractivity contribution in [3.63, 3.8) is 0 Å². The fourth-order valence-electron chi connectivity index (χ4n) is 5.47. The number of nitrogens with zero attached hydrogens (tertiary/aromatic N) is 4. The van der Waals surface area contributed by atoms with E-state index in [0.29, 0.717) is 28.9 Å². The molecule has 0 radical (unpaired) electrons. The standard InChI is InChI=1S/C31H31FN8O2/c1-42-29-21(13-22(32)14-23(29)31(34)41)12-18-2-5-20(6-3-18)27-26-28(38-39-30(26)33)24(16-37-27)25-7-4-19(15-36-25)17-40-10-8-35-9-11-40/h2-7,13-16,35H,8-12,17H2,1H3,(H2,34,41)(H3,33,38,39). The van der Waals surface area contributed by atoms with Crippen molar-refractivity contribution >= 4 is 22.6 Å². The monoisotopic (exact) mass is 566 g/mol. The van der Waals surface area contributed by atoms with E-state index in [9.17, 15) is 9.18 Å². The van der Waals surface area contributed by atoms with Gasteiger partial charge in [0.15, 0.2) is 5.82 Å². The molecule has 0 saturated carbocycles. The number of halogens is 1. The topological polar surface area (TPSA) is 148 Å². The molecule has 1 aliphatic rings. The summed E-state index contributed by atoms with van der Waals surface area (Å²) in [5.74, 6) is -0.691. The van der Waals surface area contributed by atoms with E-state index in [2.05, 4.69) is 26.5 Å². The number of H-pyrrole nitrogens is 1. The maximum absolute atomic E-state index is 14.2. The second-order valence-corrected chi connectivity index (χ2v) is 10.3. The number of hydrogen-bond donors (Lipinski definition) is 4. The van der Waals surface area contributed by atoms with Gasteiger partial charge < -0.3 is 21.5 Å². The van der Waals surface area contributed by atoms with Gasteiger partial charge in [-0.15, -0.1) is 0 Å². The molecule has 0 spiro atoms. The molecular weight excluding hydrogens is 535 g/mol. The molecule has 6 N–H and O–H groups in total. The molecule has 11 heteroatoms. The molecule has 4 heterocycles. The number of piperazine rings is 1. The summed E-state index contributed by atoms with van der Waals surface area (Å²) in [6.45, 7) is 4.93. The number of rotatable bonds is 8. The maximum atomic E-state index is 14.2. The highest BCUT2D eigenvalue weighted by atomic mass is 19.1. The van der Waals surface area contributed by atoms with Gasteiger partial charge in [0.2, 0.25) is 0 Å². The fraction of sp³-hybridized carbons (Fsp3) is 0.226. The Bertz CT molecular complexity index is 1750. The van der Waals surface area contributed by atoms with E-state index in [-0.39, 0.29) is 11.3 Å². The van der Waals surface area contributed by atoms with Gasteiger partial charge in [-0.3, -0.25) is 24.8 Å². The summed E-state index contributed by atoms with van der Waals surface area (Å²) in [6.07, 6.45) is 4.04. The van der Waals surface area contributed by atoms with E-state index in [4.69, 9.17) is 26.2 Å². The number of fused-ring (bicyclic) bond motifs is 1. The first kappa shape index (κ1) is 27.3. The summed E-state index contributed by atoms with van der Waals surface area (Å²) < 4.78 is 19.6. The van der Waals surface area contributed by atoms with Crippen LogP contribution in [0.1, 0.15) is 27.0 Å². The summed E-state index contributed by atoms with van der Waals surface area (Å²) >= 11 is 0. The van der Waals surface area contributed by atoms with Crippen LogP contribution in [-0.2, 0) is 13.0 Å². The maximum Gasteiger partial charge on any atom is 0.252 e. The minimum Gasteiger partial charge on any atom is -0.496 e. The minimum absolute atomic E-state index is 0.00918. The van der Waals surface area contributed by atoms with Crippen molar-refractivity contribution < 1.29 is 13.9 Å². The van der Waals surface area contributed by atoms with Crippen LogP contribution in [0.4, 0.5) is 10.2 Å². The highest BCUT2D eigenvalue weighted by Crippen LogP contribution is 2.35. The van der Waals surface area contributed by atoms with Crippen LogP contribution in [0.3, 0.4) is 0 Å². The number of methoxy groups -OCH3 is 1. The van der Waals surface area contributed by atoms with Crippen molar-refractivity contribution in [2.24, 2.45) is 5.73 Å². The van der Waals surface area contributed by atoms with Crippen molar-refractivity contribution in [2.75, 3.05) is 39.0 Å². The Morgan fingerprint density at radius 2 is 1.81 bits per heavy atom. The Labute approximate surface area is 241 Å². The number of primary amides is 1. The normalized spacial score (nSPS) is 13.9. The second kappa shape index (κ2) is 11.6. The number of ether oxygens (including phenoxy) is 1. The van der Waals surface area contributed by atoms with E-state index in [1.54, 1.807) is 6.20 Å². The van der Waals surface area contributed by atoms with E-state index in [1.807, 2.05) is 36.5 Å². The van der Waals surface area contributed by atoms with Crippen molar-refractivity contribution in [2.45, 2.75) is 13.0 Å². The van der Waals surface area contributed by atoms with Crippen LogP contribution in [0.15, 0.2) is 60.9 Å². The molecule has 214 valence electrons. The summed E-state index contributed by atoms with van der Waals surface area (Å²) in [7, 11) is 1.43. The van der Waals surface area contributed by atoms with Crippen LogP contribution >= 0.6 is 0 Å². The molecule has 0 atom stereocenters. The van der Waals surface area contributed by atoms with Crippen molar-refractivity contribution in [3.05, 3.63) is 89.0 Å². The Morgan fingerprint density at radius 3 is 2.50 bits per heavy atom. The van der Waals surface area contributed by atoms with Gasteiger partial charge in [0, 0.05) is 68.2 Å². The number of nitrogen functional groups attached to an aromatic ring is 1. The number of nitrogens with two attached hydrogens (primary N) is 2. The molecule has 1 aliphatic heterocycles. The molecule has 5 aromatic rings. The van der Waals surface area contributed by atoms with E-state index < -0.39 is 11.7 Å². The fourth-order valence-corrected chi connectivity index (χ4v) is 5.47. The zero-order chi connectivity index (χ0) is 29.2. The highest BCUT2D eigenvalue weighted by Gasteiger charge is 2.19. The Kier molecular flexibility index (Phi) is 7.51. The van der Waals surface area contributed by atoms with Crippen LogP contribution in [0, 0.1) is 5.82 Å². The Hall–Kier alpha value is -4.87. The molecule has 2 aromatic carbocycles. The average Bonchev–Trinajstić information content (AvgIpc) is 3.39. The second-order valence-electron chi connectivity index (χ2n) is 10.3.